The van der Waals surface area contributed by atoms with Gasteiger partial charge in [0, 0.05) is 27.5 Å². The summed E-state index contributed by atoms with van der Waals surface area (Å²) in [5.41, 5.74) is 3.51. The maximum absolute atomic E-state index is 13.0. The molecule has 2 heterocycles. The second-order valence-electron chi connectivity index (χ2n) is 8.64. The molecular formula is C24H27BrN4O2. The molecule has 0 saturated heterocycles. The highest BCUT2D eigenvalue weighted by atomic mass is 79.9. The van der Waals surface area contributed by atoms with Gasteiger partial charge in [0.05, 0.1) is 5.52 Å². The predicted molar refractivity (Wildman–Crippen MR) is 131 cm³/mol. The SMILES string of the molecule is CC(C)=CCCC1=CC[C@@H](/C=N\n2c(=O)[nH]c3c([nH]c4ccc(Br)cc43)c2=O)[C@H](C)C1. The Bertz CT molecular complexity index is 1340. The van der Waals surface area contributed by atoms with Gasteiger partial charge in [0.1, 0.15) is 5.52 Å². The highest BCUT2D eigenvalue weighted by Crippen LogP contribution is 2.30. The molecule has 4 rings (SSSR count). The largest absolute Gasteiger partial charge is 0.350 e. The maximum Gasteiger partial charge on any atom is 0.350 e. The quantitative estimate of drug-likeness (QED) is 0.372. The summed E-state index contributed by atoms with van der Waals surface area (Å²) in [6.07, 6.45) is 10.4. The number of aromatic nitrogens is 3. The van der Waals surface area contributed by atoms with Crippen LogP contribution in [0.1, 0.15) is 46.5 Å². The Balaban J connectivity index is 1.59. The van der Waals surface area contributed by atoms with E-state index in [1.165, 1.54) is 11.1 Å². The number of benzene rings is 1. The molecule has 0 fully saturated rings. The van der Waals surface area contributed by atoms with Gasteiger partial charge in [-0.05, 0) is 63.6 Å². The zero-order chi connectivity index (χ0) is 22.1. The molecule has 0 bridgehead atoms. The standard InChI is InChI=1S/C24H27BrN4O2/c1-14(2)5-4-6-16-7-8-17(15(3)11-16)13-26-29-23(30)22-21(28-24(29)31)19-12-18(25)9-10-20(19)27-22/h5,7,9-10,12-13,15,17,27H,4,6,8,11H2,1-3H3,(H,28,31)/b26-13-/t15-,17+/m1/s1. The van der Waals surface area contributed by atoms with Crippen molar-refractivity contribution in [3.8, 4) is 0 Å². The van der Waals surface area contributed by atoms with Crippen LogP contribution in [-0.4, -0.2) is 20.9 Å². The number of hydrogen-bond donors (Lipinski definition) is 2. The van der Waals surface area contributed by atoms with E-state index in [4.69, 9.17) is 0 Å². The Labute approximate surface area is 188 Å². The van der Waals surface area contributed by atoms with E-state index >= 15 is 0 Å². The van der Waals surface area contributed by atoms with Crippen LogP contribution in [0.2, 0.25) is 0 Å². The summed E-state index contributed by atoms with van der Waals surface area (Å²) in [6.45, 7) is 6.45. The van der Waals surface area contributed by atoms with Gasteiger partial charge in [0.25, 0.3) is 0 Å². The zero-order valence-corrected chi connectivity index (χ0v) is 19.6. The fourth-order valence-corrected chi connectivity index (χ4v) is 4.57. The molecule has 2 aromatic heterocycles. The zero-order valence-electron chi connectivity index (χ0n) is 18.0. The van der Waals surface area contributed by atoms with Gasteiger partial charge in [-0.15, -0.1) is 4.68 Å². The first-order valence-corrected chi connectivity index (χ1v) is 11.4. The molecule has 2 N–H and O–H groups in total. The summed E-state index contributed by atoms with van der Waals surface area (Å²) < 4.78 is 1.80. The highest BCUT2D eigenvalue weighted by molar-refractivity contribution is 9.10. The second kappa shape index (κ2) is 8.83. The Hall–Kier alpha value is -2.67. The number of rotatable bonds is 5. The normalized spacial score (nSPS) is 19.3. The van der Waals surface area contributed by atoms with Crippen LogP contribution < -0.4 is 11.2 Å². The fraction of sp³-hybridized carbons (Fsp3) is 0.375. The van der Waals surface area contributed by atoms with Crippen molar-refractivity contribution >= 4 is 44.1 Å². The topological polar surface area (TPSA) is 83.0 Å². The van der Waals surface area contributed by atoms with Crippen molar-refractivity contribution < 1.29 is 0 Å². The summed E-state index contributed by atoms with van der Waals surface area (Å²) in [6, 6.07) is 5.64. The Morgan fingerprint density at radius 3 is 2.81 bits per heavy atom. The number of nitrogens with zero attached hydrogens (tertiary/aromatic N) is 2. The van der Waals surface area contributed by atoms with Crippen LogP contribution in [-0.2, 0) is 0 Å². The molecule has 1 aromatic carbocycles. The molecule has 162 valence electrons. The van der Waals surface area contributed by atoms with Crippen LogP contribution in [0.15, 0.2) is 60.7 Å². The van der Waals surface area contributed by atoms with Crippen molar-refractivity contribution in [2.24, 2.45) is 16.9 Å². The molecule has 2 atom stereocenters. The molecule has 3 aromatic rings. The maximum atomic E-state index is 13.0. The van der Waals surface area contributed by atoms with E-state index in [-0.39, 0.29) is 5.92 Å². The lowest BCUT2D eigenvalue weighted by atomic mass is 9.80. The van der Waals surface area contributed by atoms with E-state index in [0.717, 1.165) is 45.7 Å². The number of aromatic amines is 2. The summed E-state index contributed by atoms with van der Waals surface area (Å²) in [5, 5.41) is 5.09. The molecule has 1 aliphatic rings. The van der Waals surface area contributed by atoms with Crippen LogP contribution in [0, 0.1) is 11.8 Å². The van der Waals surface area contributed by atoms with Crippen LogP contribution >= 0.6 is 15.9 Å². The molecule has 0 amide bonds. The molecule has 0 unspecified atom stereocenters. The Morgan fingerprint density at radius 2 is 2.06 bits per heavy atom. The van der Waals surface area contributed by atoms with Gasteiger partial charge in [0.15, 0.2) is 0 Å². The minimum atomic E-state index is -0.531. The number of allylic oxidation sites excluding steroid dienone is 4. The van der Waals surface area contributed by atoms with Crippen molar-refractivity contribution in [1.29, 1.82) is 0 Å². The first kappa shape index (κ1) is 21.6. The van der Waals surface area contributed by atoms with E-state index in [2.05, 4.69) is 63.9 Å². The third-order valence-electron chi connectivity index (χ3n) is 5.98. The fourth-order valence-electron chi connectivity index (χ4n) is 4.21. The average molecular weight is 483 g/mol. The summed E-state index contributed by atoms with van der Waals surface area (Å²) in [5.74, 6) is 0.618. The van der Waals surface area contributed by atoms with Crippen LogP contribution in [0.3, 0.4) is 0 Å². The van der Waals surface area contributed by atoms with E-state index < -0.39 is 11.2 Å². The summed E-state index contributed by atoms with van der Waals surface area (Å²) in [7, 11) is 0. The highest BCUT2D eigenvalue weighted by Gasteiger charge is 2.21. The van der Waals surface area contributed by atoms with Gasteiger partial charge in [-0.25, -0.2) is 4.79 Å². The lowest BCUT2D eigenvalue weighted by Gasteiger charge is -2.25. The van der Waals surface area contributed by atoms with Gasteiger partial charge in [-0.3, -0.25) is 4.79 Å². The molecule has 1 aliphatic carbocycles. The van der Waals surface area contributed by atoms with Crippen molar-refractivity contribution in [2.45, 2.75) is 46.5 Å². The summed E-state index contributed by atoms with van der Waals surface area (Å²) in [4.78, 5) is 31.5. The third-order valence-corrected chi connectivity index (χ3v) is 6.47. The van der Waals surface area contributed by atoms with E-state index in [1.54, 1.807) is 6.21 Å². The third kappa shape index (κ3) is 4.51. The molecule has 31 heavy (non-hydrogen) atoms. The molecule has 0 aliphatic heterocycles. The number of nitrogens with one attached hydrogen (secondary N) is 2. The number of fused-ring (bicyclic) bond motifs is 3. The van der Waals surface area contributed by atoms with Gasteiger partial charge in [-0.1, -0.05) is 46.2 Å². The summed E-state index contributed by atoms with van der Waals surface area (Å²) >= 11 is 3.43. The molecule has 6 nitrogen and oxygen atoms in total. The molecule has 0 saturated carbocycles. The minimum absolute atomic E-state index is 0.202. The molecule has 7 heteroatoms. The smallest absolute Gasteiger partial charge is 0.349 e. The van der Waals surface area contributed by atoms with Crippen molar-refractivity contribution in [3.05, 3.63) is 66.8 Å². The minimum Gasteiger partial charge on any atom is -0.349 e. The van der Waals surface area contributed by atoms with Gasteiger partial charge in [0.2, 0.25) is 0 Å². The van der Waals surface area contributed by atoms with Gasteiger partial charge >= 0.3 is 11.2 Å². The molecular weight excluding hydrogens is 456 g/mol. The predicted octanol–water partition coefficient (Wildman–Crippen LogP) is 5.49. The second-order valence-corrected chi connectivity index (χ2v) is 9.56. The number of halogens is 1. The van der Waals surface area contributed by atoms with E-state index in [9.17, 15) is 9.59 Å². The first-order valence-electron chi connectivity index (χ1n) is 10.7. The van der Waals surface area contributed by atoms with Crippen molar-refractivity contribution in [3.63, 3.8) is 0 Å². The van der Waals surface area contributed by atoms with Crippen molar-refractivity contribution in [1.82, 2.24) is 14.6 Å². The van der Waals surface area contributed by atoms with Crippen LogP contribution in [0.4, 0.5) is 0 Å². The first-order chi connectivity index (χ1) is 14.8. The number of H-pyrrole nitrogens is 2. The van der Waals surface area contributed by atoms with Crippen molar-refractivity contribution in [2.75, 3.05) is 0 Å². The Kier molecular flexibility index (Phi) is 6.14. The van der Waals surface area contributed by atoms with Crippen LogP contribution in [0.5, 0.6) is 0 Å². The van der Waals surface area contributed by atoms with Gasteiger partial charge < -0.3 is 9.97 Å². The lowest BCUT2D eigenvalue weighted by Crippen LogP contribution is -2.32. The average Bonchev–Trinajstić information content (AvgIpc) is 3.07. The van der Waals surface area contributed by atoms with E-state index in [1.807, 2.05) is 18.2 Å². The van der Waals surface area contributed by atoms with Gasteiger partial charge in [-0.2, -0.15) is 5.10 Å². The monoisotopic (exact) mass is 482 g/mol. The number of hydrogen-bond acceptors (Lipinski definition) is 3. The lowest BCUT2D eigenvalue weighted by molar-refractivity contribution is 0.429. The van der Waals surface area contributed by atoms with Crippen LogP contribution in [0.25, 0.3) is 21.9 Å². The van der Waals surface area contributed by atoms with E-state index in [0.29, 0.717) is 17.0 Å². The molecule has 0 spiro atoms. The molecule has 0 radical (unpaired) electrons. The Morgan fingerprint density at radius 1 is 1.26 bits per heavy atom.